The number of aromatic nitrogens is 5. The van der Waals surface area contributed by atoms with Crippen LogP contribution >= 0.6 is 0 Å². The highest BCUT2D eigenvalue weighted by Gasteiger charge is 2.30. The average molecular weight is 366 g/mol. The molecule has 0 bridgehead atoms. The van der Waals surface area contributed by atoms with Crippen LogP contribution in [0.5, 0.6) is 0 Å². The SMILES string of the molecule is CCCn1c(=O)n(C2CC2)c(=O)c2[nH]c(-c3ccc(NC4CC4)nc3)nc21. The summed E-state index contributed by atoms with van der Waals surface area (Å²) in [6.45, 7) is 2.54. The zero-order valence-electron chi connectivity index (χ0n) is 15.2. The highest BCUT2D eigenvalue weighted by molar-refractivity contribution is 5.75. The van der Waals surface area contributed by atoms with Gasteiger partial charge in [-0.2, -0.15) is 0 Å². The molecule has 3 heterocycles. The van der Waals surface area contributed by atoms with E-state index in [1.165, 1.54) is 17.4 Å². The van der Waals surface area contributed by atoms with E-state index in [1.54, 1.807) is 10.8 Å². The standard InChI is InChI=1S/C19H22N6O2/c1-2-9-24-17-15(18(26)25(19(24)27)13-6-7-13)22-16(23-17)11-3-8-14(20-10-11)21-12-4-5-12/h3,8,10,12-13H,2,4-7,9H2,1H3,(H,20,21)(H,22,23). The second-order valence-corrected chi connectivity index (χ2v) is 7.48. The van der Waals surface area contributed by atoms with Gasteiger partial charge in [-0.05, 0) is 44.2 Å². The number of nitrogens with zero attached hydrogens (tertiary/aromatic N) is 4. The smallest absolute Gasteiger partial charge is 0.333 e. The van der Waals surface area contributed by atoms with E-state index in [-0.39, 0.29) is 17.3 Å². The first-order valence-corrected chi connectivity index (χ1v) is 9.63. The minimum atomic E-state index is -0.274. The number of imidazole rings is 1. The zero-order chi connectivity index (χ0) is 18.5. The molecule has 0 atom stereocenters. The minimum absolute atomic E-state index is 0.0266. The Hall–Kier alpha value is -2.90. The van der Waals surface area contributed by atoms with E-state index < -0.39 is 0 Å². The van der Waals surface area contributed by atoms with E-state index in [1.807, 2.05) is 19.1 Å². The van der Waals surface area contributed by atoms with Crippen LogP contribution in [-0.4, -0.2) is 30.1 Å². The lowest BCUT2D eigenvalue weighted by Crippen LogP contribution is -2.39. The van der Waals surface area contributed by atoms with Crippen LogP contribution in [0.2, 0.25) is 0 Å². The maximum atomic E-state index is 12.9. The first-order valence-electron chi connectivity index (χ1n) is 9.63. The van der Waals surface area contributed by atoms with Gasteiger partial charge in [0.2, 0.25) is 0 Å². The second kappa shape index (κ2) is 6.07. The van der Waals surface area contributed by atoms with Crippen molar-refractivity contribution >= 4 is 17.0 Å². The van der Waals surface area contributed by atoms with Crippen molar-refractivity contribution in [3.8, 4) is 11.4 Å². The number of anilines is 1. The molecule has 2 N–H and O–H groups in total. The first kappa shape index (κ1) is 16.3. The largest absolute Gasteiger partial charge is 0.367 e. The molecule has 8 heteroatoms. The van der Waals surface area contributed by atoms with Crippen LogP contribution in [0.3, 0.4) is 0 Å². The molecule has 2 fully saturated rings. The van der Waals surface area contributed by atoms with Crippen molar-refractivity contribution in [3.63, 3.8) is 0 Å². The Bertz CT molecular complexity index is 1120. The van der Waals surface area contributed by atoms with E-state index in [4.69, 9.17) is 0 Å². The third-order valence-electron chi connectivity index (χ3n) is 5.14. The molecule has 3 aromatic rings. The van der Waals surface area contributed by atoms with Crippen molar-refractivity contribution in [2.24, 2.45) is 0 Å². The Morgan fingerprint density at radius 1 is 1.22 bits per heavy atom. The predicted octanol–water partition coefficient (Wildman–Crippen LogP) is 2.27. The zero-order valence-corrected chi connectivity index (χ0v) is 15.2. The molecule has 2 aliphatic rings. The van der Waals surface area contributed by atoms with Crippen molar-refractivity contribution in [3.05, 3.63) is 39.2 Å². The lowest BCUT2D eigenvalue weighted by molar-refractivity contribution is 0.571. The second-order valence-electron chi connectivity index (χ2n) is 7.48. The minimum Gasteiger partial charge on any atom is -0.367 e. The summed E-state index contributed by atoms with van der Waals surface area (Å²) >= 11 is 0. The van der Waals surface area contributed by atoms with Crippen molar-refractivity contribution in [1.29, 1.82) is 0 Å². The number of aryl methyl sites for hydroxylation is 1. The molecule has 3 aromatic heterocycles. The third kappa shape index (κ3) is 2.85. The van der Waals surface area contributed by atoms with E-state index >= 15 is 0 Å². The summed E-state index contributed by atoms with van der Waals surface area (Å²) in [5.74, 6) is 1.40. The van der Waals surface area contributed by atoms with Gasteiger partial charge in [-0.3, -0.25) is 13.9 Å². The normalized spacial score (nSPS) is 16.8. The fourth-order valence-corrected chi connectivity index (χ4v) is 3.41. The summed E-state index contributed by atoms with van der Waals surface area (Å²) in [5.41, 5.74) is 1.09. The predicted molar refractivity (Wildman–Crippen MR) is 103 cm³/mol. The van der Waals surface area contributed by atoms with Crippen molar-refractivity contribution in [1.82, 2.24) is 24.1 Å². The molecule has 0 aromatic carbocycles. The van der Waals surface area contributed by atoms with Crippen LogP contribution in [-0.2, 0) is 6.54 Å². The maximum Gasteiger partial charge on any atom is 0.333 e. The molecule has 8 nitrogen and oxygen atoms in total. The fraction of sp³-hybridized carbons (Fsp3) is 0.474. The molecule has 5 rings (SSSR count). The van der Waals surface area contributed by atoms with Crippen LogP contribution in [0.25, 0.3) is 22.6 Å². The van der Waals surface area contributed by atoms with Gasteiger partial charge in [-0.1, -0.05) is 6.92 Å². The van der Waals surface area contributed by atoms with Crippen molar-refractivity contribution in [2.45, 2.75) is 57.7 Å². The van der Waals surface area contributed by atoms with Gasteiger partial charge in [0.05, 0.1) is 0 Å². The van der Waals surface area contributed by atoms with Gasteiger partial charge in [0.25, 0.3) is 5.56 Å². The van der Waals surface area contributed by atoms with Gasteiger partial charge in [0, 0.05) is 30.4 Å². The van der Waals surface area contributed by atoms with E-state index in [0.717, 1.165) is 30.6 Å². The monoisotopic (exact) mass is 366 g/mol. The van der Waals surface area contributed by atoms with Gasteiger partial charge in [0.15, 0.2) is 5.65 Å². The topological polar surface area (TPSA) is 97.6 Å². The number of aromatic amines is 1. The van der Waals surface area contributed by atoms with Gasteiger partial charge >= 0.3 is 5.69 Å². The van der Waals surface area contributed by atoms with Gasteiger partial charge < -0.3 is 10.3 Å². The number of H-pyrrole nitrogens is 1. The third-order valence-corrected chi connectivity index (χ3v) is 5.14. The molecule has 0 aliphatic heterocycles. The average Bonchev–Trinajstić information content (AvgIpc) is 3.59. The molecule has 27 heavy (non-hydrogen) atoms. The lowest BCUT2D eigenvalue weighted by atomic mass is 10.2. The summed E-state index contributed by atoms with van der Waals surface area (Å²) in [6, 6.07) is 4.41. The summed E-state index contributed by atoms with van der Waals surface area (Å²) in [4.78, 5) is 37.8. The molecule has 140 valence electrons. The Morgan fingerprint density at radius 2 is 2.04 bits per heavy atom. The Morgan fingerprint density at radius 3 is 2.67 bits per heavy atom. The highest BCUT2D eigenvalue weighted by Crippen LogP contribution is 2.32. The Kier molecular flexibility index (Phi) is 3.66. The number of hydrogen-bond acceptors (Lipinski definition) is 5. The summed E-state index contributed by atoms with van der Waals surface area (Å²) in [5, 5.41) is 3.35. The van der Waals surface area contributed by atoms with Crippen LogP contribution in [0.15, 0.2) is 27.9 Å². The quantitative estimate of drug-likeness (QED) is 0.697. The van der Waals surface area contributed by atoms with Crippen LogP contribution < -0.4 is 16.6 Å². The summed E-state index contributed by atoms with van der Waals surface area (Å²) < 4.78 is 3.01. The molecular weight excluding hydrogens is 344 g/mol. The highest BCUT2D eigenvalue weighted by atomic mass is 16.2. The number of fused-ring (bicyclic) bond motifs is 1. The number of hydrogen-bond donors (Lipinski definition) is 2. The molecule has 2 saturated carbocycles. The molecule has 0 amide bonds. The van der Waals surface area contributed by atoms with E-state index in [0.29, 0.717) is 29.6 Å². The molecule has 0 unspecified atom stereocenters. The first-order chi connectivity index (χ1) is 13.2. The summed E-state index contributed by atoms with van der Waals surface area (Å²) in [7, 11) is 0. The van der Waals surface area contributed by atoms with Crippen molar-refractivity contribution in [2.75, 3.05) is 5.32 Å². The number of nitrogens with one attached hydrogen (secondary N) is 2. The van der Waals surface area contributed by atoms with Gasteiger partial charge in [0.1, 0.15) is 17.2 Å². The number of pyridine rings is 1. The van der Waals surface area contributed by atoms with Crippen molar-refractivity contribution < 1.29 is 0 Å². The Labute approximate surface area is 155 Å². The van der Waals surface area contributed by atoms with E-state index in [9.17, 15) is 9.59 Å². The molecule has 0 radical (unpaired) electrons. The summed E-state index contributed by atoms with van der Waals surface area (Å²) in [6.07, 6.45) is 6.68. The van der Waals surface area contributed by atoms with Gasteiger partial charge in [-0.25, -0.2) is 14.8 Å². The van der Waals surface area contributed by atoms with Crippen LogP contribution in [0.4, 0.5) is 5.82 Å². The molecule has 0 saturated heterocycles. The Balaban J connectivity index is 1.61. The lowest BCUT2D eigenvalue weighted by Gasteiger charge is -2.09. The number of rotatable bonds is 6. The fourth-order valence-electron chi connectivity index (χ4n) is 3.41. The molecular formula is C19H22N6O2. The van der Waals surface area contributed by atoms with Gasteiger partial charge in [-0.15, -0.1) is 0 Å². The van der Waals surface area contributed by atoms with Crippen LogP contribution in [0, 0.1) is 0 Å². The molecule has 2 aliphatic carbocycles. The van der Waals surface area contributed by atoms with E-state index in [2.05, 4.69) is 20.3 Å². The maximum absolute atomic E-state index is 12.9. The van der Waals surface area contributed by atoms with Crippen LogP contribution in [0.1, 0.15) is 45.1 Å². The molecule has 0 spiro atoms.